The number of benzene rings is 1. The van der Waals surface area contributed by atoms with Crippen molar-refractivity contribution in [2.24, 2.45) is 5.73 Å². The number of carbonyl (C=O) groups is 1. The van der Waals surface area contributed by atoms with Gasteiger partial charge in [-0.2, -0.15) is 0 Å². The van der Waals surface area contributed by atoms with Crippen LogP contribution >= 0.6 is 22.6 Å². The predicted octanol–water partition coefficient (Wildman–Crippen LogP) is 1.75. The van der Waals surface area contributed by atoms with E-state index < -0.39 is 0 Å². The summed E-state index contributed by atoms with van der Waals surface area (Å²) in [4.78, 5) is 13.4. The van der Waals surface area contributed by atoms with Crippen LogP contribution in [0.4, 0.5) is 5.69 Å². The zero-order valence-electron chi connectivity index (χ0n) is 8.32. The Morgan fingerprint density at radius 3 is 3.00 bits per heavy atom. The first-order chi connectivity index (χ1) is 7.18. The molecule has 3 nitrogen and oxygen atoms in total. The summed E-state index contributed by atoms with van der Waals surface area (Å²) in [5, 5.41) is 0. The summed E-state index contributed by atoms with van der Waals surface area (Å²) < 4.78 is 1.18. The van der Waals surface area contributed by atoms with Gasteiger partial charge in [0.2, 0.25) is 5.91 Å². The monoisotopic (exact) mass is 316 g/mol. The highest BCUT2D eigenvalue weighted by Gasteiger charge is 2.28. The average Bonchev–Trinajstić information content (AvgIpc) is 2.65. The van der Waals surface area contributed by atoms with E-state index in [1.165, 1.54) is 3.57 Å². The van der Waals surface area contributed by atoms with E-state index in [-0.39, 0.29) is 11.9 Å². The van der Waals surface area contributed by atoms with Crippen LogP contribution in [0.5, 0.6) is 0 Å². The van der Waals surface area contributed by atoms with Crippen LogP contribution in [0.3, 0.4) is 0 Å². The molecular formula is C11H13IN2O. The van der Waals surface area contributed by atoms with E-state index in [4.69, 9.17) is 5.73 Å². The molecule has 1 saturated heterocycles. The van der Waals surface area contributed by atoms with Crippen LogP contribution in [0.15, 0.2) is 24.3 Å². The number of nitrogens with zero attached hydrogens (tertiary/aromatic N) is 1. The molecule has 1 aliphatic heterocycles. The summed E-state index contributed by atoms with van der Waals surface area (Å²) >= 11 is 2.27. The lowest BCUT2D eigenvalue weighted by molar-refractivity contribution is -0.119. The molecule has 0 spiro atoms. The number of hydrogen-bond donors (Lipinski definition) is 1. The minimum atomic E-state index is -0.216. The number of anilines is 1. The van der Waals surface area contributed by atoms with E-state index in [1.807, 2.05) is 18.2 Å². The zero-order chi connectivity index (χ0) is 10.8. The zero-order valence-corrected chi connectivity index (χ0v) is 10.5. The normalized spacial score (nSPS) is 20.6. The summed E-state index contributed by atoms with van der Waals surface area (Å²) in [6, 6.07) is 8.04. The first-order valence-corrected chi connectivity index (χ1v) is 6.08. The number of carbonyl (C=O) groups excluding carboxylic acids is 1. The van der Waals surface area contributed by atoms with Gasteiger partial charge in [-0.3, -0.25) is 4.79 Å². The first-order valence-electron chi connectivity index (χ1n) is 5.00. The van der Waals surface area contributed by atoms with E-state index in [1.54, 1.807) is 0 Å². The van der Waals surface area contributed by atoms with E-state index in [2.05, 4.69) is 33.6 Å². The van der Waals surface area contributed by atoms with E-state index in [9.17, 15) is 4.79 Å². The van der Waals surface area contributed by atoms with Gasteiger partial charge in [0.1, 0.15) is 6.04 Å². The van der Waals surface area contributed by atoms with Gasteiger partial charge in [-0.15, -0.1) is 0 Å². The summed E-state index contributed by atoms with van der Waals surface area (Å²) in [5.41, 5.74) is 6.48. The van der Waals surface area contributed by atoms with Crippen LogP contribution in [0.25, 0.3) is 0 Å². The van der Waals surface area contributed by atoms with E-state index in [0.717, 1.165) is 25.1 Å². The molecule has 15 heavy (non-hydrogen) atoms. The van der Waals surface area contributed by atoms with Crippen LogP contribution in [0, 0.1) is 3.57 Å². The Morgan fingerprint density at radius 1 is 1.53 bits per heavy atom. The highest BCUT2D eigenvalue weighted by molar-refractivity contribution is 14.1. The molecule has 2 rings (SSSR count). The number of rotatable bonds is 2. The van der Waals surface area contributed by atoms with Gasteiger partial charge in [0.25, 0.3) is 0 Å². The minimum absolute atomic E-state index is 0.122. The molecule has 1 fully saturated rings. The Kier molecular flexibility index (Phi) is 3.14. The molecule has 2 N–H and O–H groups in total. The fraction of sp³-hybridized carbons (Fsp3) is 0.364. The molecule has 4 heteroatoms. The quantitative estimate of drug-likeness (QED) is 0.845. The van der Waals surface area contributed by atoms with Crippen LogP contribution in [0.1, 0.15) is 12.8 Å². The van der Waals surface area contributed by atoms with Gasteiger partial charge in [-0.1, -0.05) is 6.07 Å². The van der Waals surface area contributed by atoms with Crippen molar-refractivity contribution >= 4 is 34.2 Å². The molecule has 0 radical (unpaired) electrons. The third-order valence-corrected chi connectivity index (χ3v) is 3.39. The van der Waals surface area contributed by atoms with Crippen molar-refractivity contribution in [2.75, 3.05) is 11.4 Å². The Labute approximate surface area is 103 Å². The third-order valence-electron chi connectivity index (χ3n) is 2.72. The molecule has 1 atom stereocenters. The lowest BCUT2D eigenvalue weighted by atomic mass is 10.2. The first kappa shape index (κ1) is 10.7. The smallest absolute Gasteiger partial charge is 0.240 e. The fourth-order valence-corrected chi connectivity index (χ4v) is 2.55. The predicted molar refractivity (Wildman–Crippen MR) is 68.7 cm³/mol. The highest BCUT2D eigenvalue weighted by atomic mass is 127. The van der Waals surface area contributed by atoms with Crippen molar-refractivity contribution in [1.82, 2.24) is 0 Å². The van der Waals surface area contributed by atoms with Gasteiger partial charge in [0, 0.05) is 15.8 Å². The molecule has 1 heterocycles. The lowest BCUT2D eigenvalue weighted by Gasteiger charge is -2.24. The summed E-state index contributed by atoms with van der Waals surface area (Å²) in [6.45, 7) is 0.924. The second-order valence-corrected chi connectivity index (χ2v) is 4.98. The van der Waals surface area contributed by atoms with E-state index >= 15 is 0 Å². The van der Waals surface area contributed by atoms with Gasteiger partial charge >= 0.3 is 0 Å². The lowest BCUT2D eigenvalue weighted by Crippen LogP contribution is -2.40. The standard InChI is InChI=1S/C11H13IN2O/c12-8-3-1-4-9(7-8)14-6-2-5-10(14)11(13)15/h1,3-4,7,10H,2,5-6H2,(H2,13,15). The molecule has 1 unspecified atom stereocenters. The maximum absolute atomic E-state index is 11.2. The number of halogens is 1. The number of amides is 1. The molecular weight excluding hydrogens is 303 g/mol. The Bertz CT molecular complexity index is 381. The van der Waals surface area contributed by atoms with Crippen molar-refractivity contribution < 1.29 is 4.79 Å². The molecule has 1 aromatic carbocycles. The molecule has 0 aliphatic carbocycles. The largest absolute Gasteiger partial charge is 0.368 e. The minimum Gasteiger partial charge on any atom is -0.368 e. The second-order valence-electron chi connectivity index (χ2n) is 3.73. The van der Waals surface area contributed by atoms with E-state index in [0.29, 0.717) is 0 Å². The van der Waals surface area contributed by atoms with Crippen LogP contribution < -0.4 is 10.6 Å². The van der Waals surface area contributed by atoms with Crippen molar-refractivity contribution in [3.05, 3.63) is 27.8 Å². The van der Waals surface area contributed by atoms with Crippen molar-refractivity contribution in [2.45, 2.75) is 18.9 Å². The van der Waals surface area contributed by atoms with Crippen LogP contribution in [-0.4, -0.2) is 18.5 Å². The SMILES string of the molecule is NC(=O)C1CCCN1c1cccc(I)c1. The molecule has 0 saturated carbocycles. The fourth-order valence-electron chi connectivity index (χ4n) is 2.03. The summed E-state index contributed by atoms with van der Waals surface area (Å²) in [6.07, 6.45) is 1.92. The van der Waals surface area contributed by atoms with Gasteiger partial charge in [0.15, 0.2) is 0 Å². The van der Waals surface area contributed by atoms with Crippen LogP contribution in [-0.2, 0) is 4.79 Å². The van der Waals surface area contributed by atoms with Gasteiger partial charge in [0.05, 0.1) is 0 Å². The van der Waals surface area contributed by atoms with Gasteiger partial charge < -0.3 is 10.6 Å². The summed E-state index contributed by atoms with van der Waals surface area (Å²) in [7, 11) is 0. The second kappa shape index (κ2) is 4.38. The van der Waals surface area contributed by atoms with Gasteiger partial charge in [-0.05, 0) is 53.6 Å². The maximum Gasteiger partial charge on any atom is 0.240 e. The van der Waals surface area contributed by atoms with Crippen molar-refractivity contribution in [3.8, 4) is 0 Å². The molecule has 0 aromatic heterocycles. The Balaban J connectivity index is 2.26. The molecule has 1 aliphatic rings. The van der Waals surface area contributed by atoms with Crippen molar-refractivity contribution in [1.29, 1.82) is 0 Å². The summed E-state index contributed by atoms with van der Waals surface area (Å²) in [5.74, 6) is -0.216. The maximum atomic E-state index is 11.2. The van der Waals surface area contributed by atoms with Crippen molar-refractivity contribution in [3.63, 3.8) is 0 Å². The Morgan fingerprint density at radius 2 is 2.33 bits per heavy atom. The number of primary amides is 1. The third kappa shape index (κ3) is 2.25. The molecule has 80 valence electrons. The van der Waals surface area contributed by atoms with Gasteiger partial charge in [-0.25, -0.2) is 0 Å². The average molecular weight is 316 g/mol. The number of hydrogen-bond acceptors (Lipinski definition) is 2. The Hall–Kier alpha value is -0.780. The molecule has 1 aromatic rings. The van der Waals surface area contributed by atoms with Crippen LogP contribution in [0.2, 0.25) is 0 Å². The molecule has 1 amide bonds. The molecule has 0 bridgehead atoms. The topological polar surface area (TPSA) is 46.3 Å². The highest BCUT2D eigenvalue weighted by Crippen LogP contribution is 2.26. The number of nitrogens with two attached hydrogens (primary N) is 1.